The van der Waals surface area contributed by atoms with Gasteiger partial charge in [-0.25, -0.2) is 0 Å². The van der Waals surface area contributed by atoms with Crippen LogP contribution in [0.15, 0.2) is 24.3 Å². The maximum atomic E-state index is 8.71. The Balaban J connectivity index is 2.12. The van der Waals surface area contributed by atoms with Crippen molar-refractivity contribution in [2.45, 2.75) is 32.2 Å². The lowest BCUT2D eigenvalue weighted by Crippen LogP contribution is -2.40. The lowest BCUT2D eigenvalue weighted by Gasteiger charge is -2.31. The molecule has 2 rings (SSSR count). The predicted octanol–water partition coefficient (Wildman–Crippen LogP) is 2.18. The maximum Gasteiger partial charge on any atom is 0.0698 e. The molecule has 1 aromatic rings. The summed E-state index contributed by atoms with van der Waals surface area (Å²) in [4.78, 5) is 2.41. The lowest BCUT2D eigenvalue weighted by atomic mass is 9.81. The lowest BCUT2D eigenvalue weighted by molar-refractivity contribution is 0.0957. The van der Waals surface area contributed by atoms with Gasteiger partial charge in [-0.3, -0.25) is 0 Å². The Morgan fingerprint density at radius 3 is 2.72 bits per heavy atom. The normalized spacial score (nSPS) is 21.1. The molecule has 1 aliphatic rings. The number of anilines is 1. The van der Waals surface area contributed by atoms with E-state index in [4.69, 9.17) is 9.84 Å². The summed E-state index contributed by atoms with van der Waals surface area (Å²) in [5, 5.41) is 8.71. The minimum absolute atomic E-state index is 0.0949. The highest BCUT2D eigenvalue weighted by molar-refractivity contribution is 5.63. The summed E-state index contributed by atoms with van der Waals surface area (Å²) in [7, 11) is 0. The highest BCUT2D eigenvalue weighted by atomic mass is 16.5. The number of benzene rings is 1. The van der Waals surface area contributed by atoms with Gasteiger partial charge in [-0.15, -0.1) is 0 Å². The Hall–Kier alpha value is -1.06. The summed E-state index contributed by atoms with van der Waals surface area (Å²) in [6, 6.07) is 9.08. The SMILES string of the molecule is CC1N(CCOCCO)c2ccccc2C1(C)C. The molecule has 0 radical (unpaired) electrons. The minimum Gasteiger partial charge on any atom is -0.394 e. The van der Waals surface area contributed by atoms with E-state index < -0.39 is 0 Å². The van der Waals surface area contributed by atoms with Gasteiger partial charge in [0.2, 0.25) is 0 Å². The van der Waals surface area contributed by atoms with Crippen LogP contribution in [0, 0.1) is 0 Å². The summed E-state index contributed by atoms with van der Waals surface area (Å²) in [5.41, 5.74) is 2.91. The monoisotopic (exact) mass is 249 g/mol. The third-order valence-corrected chi connectivity index (χ3v) is 4.13. The van der Waals surface area contributed by atoms with Crippen molar-refractivity contribution in [3.63, 3.8) is 0 Å². The summed E-state index contributed by atoms with van der Waals surface area (Å²) < 4.78 is 5.38. The van der Waals surface area contributed by atoms with Gasteiger partial charge in [-0.05, 0) is 18.6 Å². The summed E-state index contributed by atoms with van der Waals surface area (Å²) in [6.45, 7) is 8.92. The molecule has 18 heavy (non-hydrogen) atoms. The smallest absolute Gasteiger partial charge is 0.0698 e. The fraction of sp³-hybridized carbons (Fsp3) is 0.600. The number of nitrogens with zero attached hydrogens (tertiary/aromatic N) is 1. The third-order valence-electron chi connectivity index (χ3n) is 4.13. The second-order valence-corrected chi connectivity index (χ2v) is 5.44. The molecule has 3 heteroatoms. The number of fused-ring (bicyclic) bond motifs is 1. The molecular weight excluding hydrogens is 226 g/mol. The van der Waals surface area contributed by atoms with E-state index in [1.54, 1.807) is 0 Å². The summed E-state index contributed by atoms with van der Waals surface area (Å²) in [6.07, 6.45) is 0. The number of para-hydroxylation sites is 1. The first-order valence-electron chi connectivity index (χ1n) is 6.63. The molecule has 3 nitrogen and oxygen atoms in total. The molecule has 0 fully saturated rings. The second-order valence-electron chi connectivity index (χ2n) is 5.44. The van der Waals surface area contributed by atoms with E-state index >= 15 is 0 Å². The summed E-state index contributed by atoms with van der Waals surface area (Å²) in [5.74, 6) is 0. The van der Waals surface area contributed by atoms with E-state index in [1.807, 2.05) is 0 Å². The molecule has 0 aliphatic carbocycles. The first-order valence-corrected chi connectivity index (χ1v) is 6.63. The topological polar surface area (TPSA) is 32.7 Å². The molecule has 0 saturated heterocycles. The van der Waals surface area contributed by atoms with Crippen molar-refractivity contribution >= 4 is 5.69 Å². The largest absolute Gasteiger partial charge is 0.394 e. The molecule has 0 aromatic heterocycles. The molecule has 0 bridgehead atoms. The summed E-state index contributed by atoms with van der Waals surface area (Å²) >= 11 is 0. The first kappa shape index (κ1) is 13.4. The van der Waals surface area contributed by atoms with E-state index in [-0.39, 0.29) is 12.0 Å². The number of ether oxygens (including phenoxy) is 1. The average molecular weight is 249 g/mol. The van der Waals surface area contributed by atoms with Crippen molar-refractivity contribution in [2.24, 2.45) is 0 Å². The molecule has 100 valence electrons. The van der Waals surface area contributed by atoms with Gasteiger partial charge < -0.3 is 14.7 Å². The first-order chi connectivity index (χ1) is 8.59. The fourth-order valence-corrected chi connectivity index (χ4v) is 2.74. The van der Waals surface area contributed by atoms with Crippen LogP contribution >= 0.6 is 0 Å². The molecule has 1 aliphatic heterocycles. The van der Waals surface area contributed by atoms with Crippen molar-refractivity contribution < 1.29 is 9.84 Å². The van der Waals surface area contributed by atoms with Gasteiger partial charge in [-0.2, -0.15) is 0 Å². The zero-order valence-electron chi connectivity index (χ0n) is 11.5. The minimum atomic E-state index is 0.0949. The highest BCUT2D eigenvalue weighted by Crippen LogP contribution is 2.44. The predicted molar refractivity (Wildman–Crippen MR) is 74.2 cm³/mol. The van der Waals surface area contributed by atoms with Crippen LogP contribution in [0.3, 0.4) is 0 Å². The molecule has 0 spiro atoms. The van der Waals surface area contributed by atoms with E-state index in [0.717, 1.165) is 6.54 Å². The van der Waals surface area contributed by atoms with Crippen LogP contribution in [0.1, 0.15) is 26.3 Å². The Labute approximate surface area is 109 Å². The van der Waals surface area contributed by atoms with Gasteiger partial charge in [0.25, 0.3) is 0 Å². The number of rotatable bonds is 5. The standard InChI is InChI=1S/C15H23NO2/c1-12-15(2,3)13-6-4-5-7-14(13)16(12)8-10-18-11-9-17/h4-7,12,17H,8-11H2,1-3H3. The van der Waals surface area contributed by atoms with Crippen LogP contribution in [-0.2, 0) is 10.2 Å². The molecule has 0 amide bonds. The molecule has 1 unspecified atom stereocenters. The molecule has 1 atom stereocenters. The highest BCUT2D eigenvalue weighted by Gasteiger charge is 2.41. The molecule has 0 saturated carbocycles. The Morgan fingerprint density at radius 2 is 2.00 bits per heavy atom. The maximum absolute atomic E-state index is 8.71. The van der Waals surface area contributed by atoms with Gasteiger partial charge in [0.1, 0.15) is 0 Å². The van der Waals surface area contributed by atoms with Gasteiger partial charge in [0, 0.05) is 23.7 Å². The van der Waals surface area contributed by atoms with Crippen LogP contribution < -0.4 is 4.90 Å². The van der Waals surface area contributed by atoms with Gasteiger partial charge >= 0.3 is 0 Å². The second kappa shape index (κ2) is 5.29. The average Bonchev–Trinajstić information content (AvgIpc) is 2.56. The van der Waals surface area contributed by atoms with E-state index in [2.05, 4.69) is 49.9 Å². The van der Waals surface area contributed by atoms with E-state index in [9.17, 15) is 0 Å². The van der Waals surface area contributed by atoms with Crippen LogP contribution in [0.25, 0.3) is 0 Å². The number of hydrogen-bond acceptors (Lipinski definition) is 3. The van der Waals surface area contributed by atoms with Crippen molar-refractivity contribution in [3.05, 3.63) is 29.8 Å². The van der Waals surface area contributed by atoms with Crippen LogP contribution in [0.2, 0.25) is 0 Å². The molecule has 1 heterocycles. The zero-order chi connectivity index (χ0) is 13.2. The molecule has 1 aromatic carbocycles. The fourth-order valence-electron chi connectivity index (χ4n) is 2.74. The number of hydrogen-bond donors (Lipinski definition) is 1. The van der Waals surface area contributed by atoms with Crippen LogP contribution in [0.4, 0.5) is 5.69 Å². The van der Waals surface area contributed by atoms with E-state index in [0.29, 0.717) is 19.3 Å². The van der Waals surface area contributed by atoms with Crippen molar-refractivity contribution in [3.8, 4) is 0 Å². The van der Waals surface area contributed by atoms with Crippen molar-refractivity contribution in [1.82, 2.24) is 0 Å². The van der Waals surface area contributed by atoms with Crippen molar-refractivity contribution in [1.29, 1.82) is 0 Å². The molecule has 1 N–H and O–H groups in total. The Kier molecular flexibility index (Phi) is 3.93. The van der Waals surface area contributed by atoms with Crippen molar-refractivity contribution in [2.75, 3.05) is 31.3 Å². The third kappa shape index (κ3) is 2.25. The van der Waals surface area contributed by atoms with Gasteiger partial charge in [0.15, 0.2) is 0 Å². The zero-order valence-corrected chi connectivity index (χ0v) is 11.5. The van der Waals surface area contributed by atoms with Gasteiger partial charge in [-0.1, -0.05) is 32.0 Å². The number of aliphatic hydroxyl groups excluding tert-OH is 1. The quantitative estimate of drug-likeness (QED) is 0.812. The van der Waals surface area contributed by atoms with Crippen LogP contribution in [0.5, 0.6) is 0 Å². The van der Waals surface area contributed by atoms with E-state index in [1.165, 1.54) is 11.3 Å². The number of aliphatic hydroxyl groups is 1. The van der Waals surface area contributed by atoms with Crippen LogP contribution in [-0.4, -0.2) is 37.5 Å². The molecular formula is C15H23NO2. The van der Waals surface area contributed by atoms with Gasteiger partial charge in [0.05, 0.1) is 19.8 Å². The Morgan fingerprint density at radius 1 is 1.28 bits per heavy atom. The Bertz CT molecular complexity index is 403.